The molecule has 5 N–H and O–H groups in total. The fourth-order valence-electron chi connectivity index (χ4n) is 0.702. The molecule has 0 fully saturated rings. The highest BCUT2D eigenvalue weighted by molar-refractivity contribution is 5.96. The van der Waals surface area contributed by atoms with Crippen molar-refractivity contribution in [1.29, 1.82) is 0 Å². The highest BCUT2D eigenvalue weighted by Gasteiger charge is 2.10. The second kappa shape index (κ2) is 3.02. The number of hydrogen-bond acceptors (Lipinski definition) is 4. The number of nitrogen functional groups attached to an aromatic ring is 1. The molecular formula is C5H9N5O. The Kier molecular flexibility index (Phi) is 2.07. The van der Waals surface area contributed by atoms with Gasteiger partial charge in [0.25, 0.3) is 5.91 Å². The van der Waals surface area contributed by atoms with E-state index in [1.165, 1.54) is 13.4 Å². The van der Waals surface area contributed by atoms with Crippen molar-refractivity contribution < 1.29 is 4.79 Å². The number of carbonyl (C=O) groups excluding carboxylic acids is 1. The molecule has 1 amide bonds. The van der Waals surface area contributed by atoms with Gasteiger partial charge in [-0.25, -0.2) is 10.8 Å². The van der Waals surface area contributed by atoms with Gasteiger partial charge in [-0.15, -0.1) is 0 Å². The van der Waals surface area contributed by atoms with Crippen molar-refractivity contribution in [1.82, 2.24) is 15.3 Å². The van der Waals surface area contributed by atoms with Crippen molar-refractivity contribution >= 4 is 11.7 Å². The highest BCUT2D eigenvalue weighted by atomic mass is 16.1. The predicted octanol–water partition coefficient (Wildman–Crippen LogP) is -0.945. The Balaban J connectivity index is 2.92. The molecule has 0 aromatic carbocycles. The Morgan fingerprint density at radius 2 is 2.55 bits per heavy atom. The molecule has 0 unspecified atom stereocenters. The van der Waals surface area contributed by atoms with Gasteiger partial charge in [-0.1, -0.05) is 0 Å². The van der Waals surface area contributed by atoms with Crippen molar-refractivity contribution in [2.75, 3.05) is 12.5 Å². The summed E-state index contributed by atoms with van der Waals surface area (Å²) in [5.74, 6) is 5.16. The first-order valence-corrected chi connectivity index (χ1v) is 3.01. The average Bonchev–Trinajstić information content (AvgIpc) is 2.50. The number of hydrogen-bond donors (Lipinski definition) is 4. The molecule has 0 aliphatic carbocycles. The van der Waals surface area contributed by atoms with Crippen LogP contribution in [0, 0.1) is 0 Å². The van der Waals surface area contributed by atoms with Crippen molar-refractivity contribution in [3.05, 3.63) is 12.0 Å². The number of rotatable bonds is 2. The zero-order valence-electron chi connectivity index (χ0n) is 6.01. The lowest BCUT2D eigenvalue weighted by Gasteiger charge is -1.98. The molecule has 1 rings (SSSR count). The van der Waals surface area contributed by atoms with E-state index in [4.69, 9.17) is 5.84 Å². The van der Waals surface area contributed by atoms with Crippen LogP contribution in [0.25, 0.3) is 0 Å². The summed E-state index contributed by atoms with van der Waals surface area (Å²) >= 11 is 0. The monoisotopic (exact) mass is 155 g/mol. The average molecular weight is 155 g/mol. The smallest absolute Gasteiger partial charge is 0.271 e. The molecule has 0 bridgehead atoms. The largest absolute Gasteiger partial charge is 0.354 e. The van der Waals surface area contributed by atoms with Crippen molar-refractivity contribution in [2.24, 2.45) is 5.84 Å². The van der Waals surface area contributed by atoms with Crippen LogP contribution >= 0.6 is 0 Å². The van der Waals surface area contributed by atoms with Crippen LogP contribution in [-0.4, -0.2) is 22.9 Å². The zero-order chi connectivity index (χ0) is 8.27. The number of nitrogens with one attached hydrogen (secondary N) is 3. The van der Waals surface area contributed by atoms with Gasteiger partial charge < -0.3 is 15.7 Å². The summed E-state index contributed by atoms with van der Waals surface area (Å²) in [7, 11) is 1.53. The molecule has 6 nitrogen and oxygen atoms in total. The molecule has 6 heteroatoms. The van der Waals surface area contributed by atoms with Gasteiger partial charge >= 0.3 is 0 Å². The maximum Gasteiger partial charge on any atom is 0.271 e. The van der Waals surface area contributed by atoms with Crippen molar-refractivity contribution in [3.63, 3.8) is 0 Å². The van der Waals surface area contributed by atoms with E-state index in [1.807, 2.05) is 0 Å². The lowest BCUT2D eigenvalue weighted by Crippen LogP contribution is -2.21. The predicted molar refractivity (Wildman–Crippen MR) is 39.8 cm³/mol. The summed E-state index contributed by atoms with van der Waals surface area (Å²) in [5.41, 5.74) is 2.62. The van der Waals surface area contributed by atoms with Gasteiger partial charge in [0.2, 0.25) is 0 Å². The maximum absolute atomic E-state index is 11.0. The second-order valence-electron chi connectivity index (χ2n) is 1.85. The summed E-state index contributed by atoms with van der Waals surface area (Å²) in [4.78, 5) is 17.4. The number of imidazole rings is 1. The van der Waals surface area contributed by atoms with Crippen molar-refractivity contribution in [3.8, 4) is 0 Å². The number of nitrogens with two attached hydrogens (primary N) is 1. The number of carbonyl (C=O) groups is 1. The number of aromatic amines is 1. The van der Waals surface area contributed by atoms with Gasteiger partial charge in [0, 0.05) is 7.05 Å². The van der Waals surface area contributed by atoms with Gasteiger partial charge in [0.15, 0.2) is 5.82 Å². The molecule has 1 heterocycles. The van der Waals surface area contributed by atoms with Crippen LogP contribution in [0.3, 0.4) is 0 Å². The first kappa shape index (κ1) is 7.55. The van der Waals surface area contributed by atoms with Crippen LogP contribution in [-0.2, 0) is 0 Å². The van der Waals surface area contributed by atoms with E-state index in [0.717, 1.165) is 0 Å². The van der Waals surface area contributed by atoms with Crippen molar-refractivity contribution in [2.45, 2.75) is 0 Å². The Labute approximate surface area is 63.2 Å². The standard InChI is InChI=1S/C5H9N5O/c1-7-5(11)3-4(10-6)9-2-8-3/h2,10H,6H2,1H3,(H,7,11)(H,8,9). The molecule has 0 aliphatic heterocycles. The zero-order valence-corrected chi connectivity index (χ0v) is 6.01. The highest BCUT2D eigenvalue weighted by Crippen LogP contribution is 2.05. The first-order chi connectivity index (χ1) is 5.29. The maximum atomic E-state index is 11.0. The molecule has 0 saturated heterocycles. The Morgan fingerprint density at radius 1 is 1.82 bits per heavy atom. The fourth-order valence-corrected chi connectivity index (χ4v) is 0.702. The molecule has 0 atom stereocenters. The Bertz CT molecular complexity index is 255. The minimum atomic E-state index is -0.254. The molecule has 0 radical (unpaired) electrons. The van der Waals surface area contributed by atoms with Gasteiger partial charge in [0.1, 0.15) is 5.69 Å². The number of hydrazine groups is 1. The van der Waals surface area contributed by atoms with Gasteiger partial charge in [-0.2, -0.15) is 0 Å². The number of aromatic nitrogens is 2. The molecule has 0 saturated carbocycles. The summed E-state index contributed by atoms with van der Waals surface area (Å²) in [6.45, 7) is 0. The van der Waals surface area contributed by atoms with Crippen LogP contribution in [0.2, 0.25) is 0 Å². The van der Waals surface area contributed by atoms with E-state index in [1.54, 1.807) is 0 Å². The third kappa shape index (κ3) is 1.30. The van der Waals surface area contributed by atoms with E-state index in [2.05, 4.69) is 20.7 Å². The molecule has 60 valence electrons. The van der Waals surface area contributed by atoms with E-state index in [0.29, 0.717) is 11.5 Å². The summed E-state index contributed by atoms with van der Waals surface area (Å²) in [5, 5.41) is 2.44. The quantitative estimate of drug-likeness (QED) is 0.327. The van der Waals surface area contributed by atoms with Crippen LogP contribution in [0.1, 0.15) is 10.5 Å². The first-order valence-electron chi connectivity index (χ1n) is 3.01. The van der Waals surface area contributed by atoms with Gasteiger partial charge in [-0.3, -0.25) is 4.79 Å². The van der Waals surface area contributed by atoms with Crippen LogP contribution < -0.4 is 16.6 Å². The number of H-pyrrole nitrogens is 1. The minimum absolute atomic E-state index is 0.254. The normalized spacial score (nSPS) is 9.27. The van der Waals surface area contributed by atoms with Gasteiger partial charge in [0.05, 0.1) is 6.33 Å². The van der Waals surface area contributed by atoms with E-state index in [-0.39, 0.29) is 5.91 Å². The second-order valence-corrected chi connectivity index (χ2v) is 1.85. The lowest BCUT2D eigenvalue weighted by atomic mass is 10.4. The molecular weight excluding hydrogens is 146 g/mol. The Morgan fingerprint density at radius 3 is 3.09 bits per heavy atom. The Hall–Kier alpha value is -1.56. The fraction of sp³-hybridized carbons (Fsp3) is 0.200. The lowest BCUT2D eigenvalue weighted by molar-refractivity contribution is 0.0959. The van der Waals surface area contributed by atoms with E-state index >= 15 is 0 Å². The van der Waals surface area contributed by atoms with Crippen LogP contribution in [0.4, 0.5) is 5.82 Å². The molecule has 1 aromatic rings. The molecule has 0 spiro atoms. The summed E-state index contributed by atoms with van der Waals surface area (Å²) in [6.07, 6.45) is 1.39. The summed E-state index contributed by atoms with van der Waals surface area (Å²) in [6, 6.07) is 0. The third-order valence-electron chi connectivity index (χ3n) is 1.23. The topological polar surface area (TPSA) is 95.8 Å². The summed E-state index contributed by atoms with van der Waals surface area (Å²) < 4.78 is 0. The van der Waals surface area contributed by atoms with Crippen LogP contribution in [0.15, 0.2) is 6.33 Å². The van der Waals surface area contributed by atoms with Crippen LogP contribution in [0.5, 0.6) is 0 Å². The SMILES string of the molecule is CNC(=O)c1[nH]cnc1NN. The van der Waals surface area contributed by atoms with E-state index in [9.17, 15) is 4.79 Å². The molecule has 1 aromatic heterocycles. The number of amides is 1. The van der Waals surface area contributed by atoms with E-state index < -0.39 is 0 Å². The number of nitrogens with zero attached hydrogens (tertiary/aromatic N) is 1. The third-order valence-corrected chi connectivity index (χ3v) is 1.23. The molecule has 11 heavy (non-hydrogen) atoms. The van der Waals surface area contributed by atoms with Gasteiger partial charge in [-0.05, 0) is 0 Å². The molecule has 0 aliphatic rings. The number of anilines is 1. The minimum Gasteiger partial charge on any atom is -0.354 e.